The monoisotopic (exact) mass is 264 g/mol. The molecule has 4 heteroatoms. The Balaban J connectivity index is 2.02. The van der Waals surface area contributed by atoms with Gasteiger partial charge >= 0.3 is 0 Å². The molecule has 1 aliphatic rings. The van der Waals surface area contributed by atoms with Gasteiger partial charge in [0.15, 0.2) is 0 Å². The van der Waals surface area contributed by atoms with Crippen LogP contribution in [0.2, 0.25) is 0 Å². The summed E-state index contributed by atoms with van der Waals surface area (Å²) in [5, 5.41) is 0. The highest BCUT2D eigenvalue weighted by atomic mass is 19.1. The smallest absolute Gasteiger partial charge is 0.219 e. The van der Waals surface area contributed by atoms with Gasteiger partial charge in [-0.25, -0.2) is 4.39 Å². The number of hydrogen-bond donors (Lipinski definition) is 0. The lowest BCUT2D eigenvalue weighted by Gasteiger charge is -2.43. The summed E-state index contributed by atoms with van der Waals surface area (Å²) in [5.41, 5.74) is 1.11. The molecule has 0 aliphatic carbocycles. The van der Waals surface area contributed by atoms with Crippen LogP contribution in [0.4, 0.5) is 4.39 Å². The van der Waals surface area contributed by atoms with Gasteiger partial charge in [-0.3, -0.25) is 9.69 Å². The van der Waals surface area contributed by atoms with E-state index in [9.17, 15) is 9.18 Å². The molecule has 1 fully saturated rings. The Morgan fingerprint density at radius 2 is 1.84 bits per heavy atom. The average Bonchev–Trinajstić information content (AvgIpc) is 2.35. The fourth-order valence-corrected chi connectivity index (χ4v) is 2.68. The standard InChI is InChI=1S/C15H21FN2O/c1-11-9-18(13(3)19)12(2)8-17(11)10-14-4-6-15(16)7-5-14/h4-7,11-12H,8-10H2,1-3H3/t11-,12+/m0/s1. The first-order chi connectivity index (χ1) is 8.97. The Kier molecular flexibility index (Phi) is 4.20. The number of carbonyl (C=O) groups excluding carboxylic acids is 1. The van der Waals surface area contributed by atoms with Gasteiger partial charge in [0.05, 0.1) is 0 Å². The Bertz CT molecular complexity index is 446. The third-order valence-electron chi connectivity index (χ3n) is 3.82. The fourth-order valence-electron chi connectivity index (χ4n) is 2.68. The lowest BCUT2D eigenvalue weighted by molar-refractivity contribution is -0.134. The zero-order valence-corrected chi connectivity index (χ0v) is 11.8. The van der Waals surface area contributed by atoms with Gasteiger partial charge in [-0.05, 0) is 31.5 Å². The molecule has 0 radical (unpaired) electrons. The predicted octanol–water partition coefficient (Wildman–Crippen LogP) is 2.27. The normalized spacial score (nSPS) is 24.5. The van der Waals surface area contributed by atoms with E-state index in [1.54, 1.807) is 6.92 Å². The third-order valence-corrected chi connectivity index (χ3v) is 3.82. The number of benzene rings is 1. The number of carbonyl (C=O) groups is 1. The number of amides is 1. The minimum Gasteiger partial charge on any atom is -0.337 e. The van der Waals surface area contributed by atoms with Gasteiger partial charge in [0.1, 0.15) is 5.82 Å². The van der Waals surface area contributed by atoms with Crippen molar-refractivity contribution in [3.8, 4) is 0 Å². The molecule has 19 heavy (non-hydrogen) atoms. The van der Waals surface area contributed by atoms with Crippen LogP contribution in [0.15, 0.2) is 24.3 Å². The SMILES string of the molecule is CC(=O)N1C[C@H](C)N(Cc2ccc(F)cc2)C[C@H]1C. The molecule has 0 unspecified atom stereocenters. The highest BCUT2D eigenvalue weighted by Gasteiger charge is 2.30. The lowest BCUT2D eigenvalue weighted by Crippen LogP contribution is -2.57. The van der Waals surface area contributed by atoms with Crippen molar-refractivity contribution in [2.24, 2.45) is 0 Å². The van der Waals surface area contributed by atoms with E-state index in [0.717, 1.165) is 25.2 Å². The fraction of sp³-hybridized carbons (Fsp3) is 0.533. The molecule has 0 aromatic heterocycles. The van der Waals surface area contributed by atoms with Crippen molar-refractivity contribution in [3.63, 3.8) is 0 Å². The molecular weight excluding hydrogens is 243 g/mol. The molecular formula is C15H21FN2O. The van der Waals surface area contributed by atoms with Crippen molar-refractivity contribution in [2.45, 2.75) is 39.4 Å². The van der Waals surface area contributed by atoms with Crippen molar-refractivity contribution in [3.05, 3.63) is 35.6 Å². The summed E-state index contributed by atoms with van der Waals surface area (Å²) in [5.74, 6) is -0.0626. The maximum Gasteiger partial charge on any atom is 0.219 e. The second-order valence-electron chi connectivity index (χ2n) is 5.43. The Labute approximate surface area is 114 Å². The Hall–Kier alpha value is -1.42. The average molecular weight is 264 g/mol. The van der Waals surface area contributed by atoms with Crippen molar-refractivity contribution >= 4 is 5.91 Å². The van der Waals surface area contributed by atoms with Gasteiger partial charge in [-0.15, -0.1) is 0 Å². The van der Waals surface area contributed by atoms with Crippen LogP contribution in [0.25, 0.3) is 0 Å². The van der Waals surface area contributed by atoms with Crippen LogP contribution in [0.5, 0.6) is 0 Å². The van der Waals surface area contributed by atoms with E-state index < -0.39 is 0 Å². The second-order valence-corrected chi connectivity index (χ2v) is 5.43. The van der Waals surface area contributed by atoms with E-state index in [1.807, 2.05) is 17.0 Å². The molecule has 0 bridgehead atoms. The predicted molar refractivity (Wildman–Crippen MR) is 73.1 cm³/mol. The molecule has 1 aromatic rings. The van der Waals surface area contributed by atoms with E-state index >= 15 is 0 Å². The number of hydrogen-bond acceptors (Lipinski definition) is 2. The minimum atomic E-state index is -0.202. The first-order valence-electron chi connectivity index (χ1n) is 6.73. The maximum absolute atomic E-state index is 12.9. The first-order valence-corrected chi connectivity index (χ1v) is 6.73. The molecule has 2 rings (SSSR count). The van der Waals surface area contributed by atoms with Gasteiger partial charge in [0.2, 0.25) is 5.91 Å². The number of nitrogens with zero attached hydrogens (tertiary/aromatic N) is 2. The molecule has 0 N–H and O–H groups in total. The van der Waals surface area contributed by atoms with E-state index in [1.165, 1.54) is 12.1 Å². The Morgan fingerprint density at radius 1 is 1.21 bits per heavy atom. The van der Waals surface area contributed by atoms with E-state index in [0.29, 0.717) is 6.04 Å². The van der Waals surface area contributed by atoms with Crippen LogP contribution in [0, 0.1) is 5.82 Å². The van der Waals surface area contributed by atoms with Crippen LogP contribution < -0.4 is 0 Å². The lowest BCUT2D eigenvalue weighted by atomic mass is 10.1. The van der Waals surface area contributed by atoms with Crippen molar-refractivity contribution < 1.29 is 9.18 Å². The van der Waals surface area contributed by atoms with E-state index in [-0.39, 0.29) is 17.8 Å². The quantitative estimate of drug-likeness (QED) is 0.818. The topological polar surface area (TPSA) is 23.6 Å². The van der Waals surface area contributed by atoms with E-state index in [2.05, 4.69) is 18.7 Å². The molecule has 1 aliphatic heterocycles. The van der Waals surface area contributed by atoms with Gasteiger partial charge < -0.3 is 4.90 Å². The summed E-state index contributed by atoms with van der Waals surface area (Å²) < 4.78 is 12.9. The summed E-state index contributed by atoms with van der Waals surface area (Å²) in [6.07, 6.45) is 0. The van der Waals surface area contributed by atoms with Crippen LogP contribution in [0.3, 0.4) is 0 Å². The maximum atomic E-state index is 12.9. The van der Waals surface area contributed by atoms with Crippen LogP contribution in [-0.2, 0) is 11.3 Å². The largest absolute Gasteiger partial charge is 0.337 e. The highest BCUT2D eigenvalue weighted by Crippen LogP contribution is 2.18. The van der Waals surface area contributed by atoms with Gasteiger partial charge in [0.25, 0.3) is 0 Å². The number of piperazine rings is 1. The summed E-state index contributed by atoms with van der Waals surface area (Å²) >= 11 is 0. The molecule has 0 saturated carbocycles. The molecule has 104 valence electrons. The molecule has 1 amide bonds. The van der Waals surface area contributed by atoms with Gasteiger partial charge in [0, 0.05) is 38.6 Å². The summed E-state index contributed by atoms with van der Waals surface area (Å²) in [6.45, 7) is 8.25. The Morgan fingerprint density at radius 3 is 2.42 bits per heavy atom. The minimum absolute atomic E-state index is 0.140. The van der Waals surface area contributed by atoms with Gasteiger partial charge in [-0.1, -0.05) is 12.1 Å². The summed E-state index contributed by atoms with van der Waals surface area (Å²) in [6, 6.07) is 7.19. The van der Waals surface area contributed by atoms with Crippen LogP contribution in [0.1, 0.15) is 26.3 Å². The van der Waals surface area contributed by atoms with Gasteiger partial charge in [-0.2, -0.15) is 0 Å². The summed E-state index contributed by atoms with van der Waals surface area (Å²) in [4.78, 5) is 15.8. The molecule has 1 saturated heterocycles. The zero-order valence-electron chi connectivity index (χ0n) is 11.8. The van der Waals surface area contributed by atoms with Crippen LogP contribution >= 0.6 is 0 Å². The summed E-state index contributed by atoms with van der Waals surface area (Å²) in [7, 11) is 0. The van der Waals surface area contributed by atoms with Crippen LogP contribution in [-0.4, -0.2) is 40.9 Å². The zero-order chi connectivity index (χ0) is 14.0. The first kappa shape index (κ1) is 14.0. The van der Waals surface area contributed by atoms with Crippen molar-refractivity contribution in [2.75, 3.05) is 13.1 Å². The van der Waals surface area contributed by atoms with E-state index in [4.69, 9.17) is 0 Å². The molecule has 0 spiro atoms. The molecule has 3 nitrogen and oxygen atoms in total. The molecule has 1 aromatic carbocycles. The highest BCUT2D eigenvalue weighted by molar-refractivity contribution is 5.73. The molecule has 2 atom stereocenters. The van der Waals surface area contributed by atoms with Crippen molar-refractivity contribution in [1.29, 1.82) is 0 Å². The number of rotatable bonds is 2. The second kappa shape index (κ2) is 5.70. The van der Waals surface area contributed by atoms with Crippen molar-refractivity contribution in [1.82, 2.24) is 9.80 Å². The molecule has 1 heterocycles. The number of halogens is 1. The third kappa shape index (κ3) is 3.32.